The van der Waals surface area contributed by atoms with Crippen LogP contribution in [0.3, 0.4) is 0 Å². The molecule has 1 unspecified atom stereocenters. The van der Waals surface area contributed by atoms with Crippen LogP contribution in [-0.4, -0.2) is 23.9 Å². The summed E-state index contributed by atoms with van der Waals surface area (Å²) < 4.78 is 13.2. The van der Waals surface area contributed by atoms with Gasteiger partial charge < -0.3 is 4.90 Å². The van der Waals surface area contributed by atoms with Gasteiger partial charge in [0.2, 0.25) is 5.91 Å². The Hall–Kier alpha value is -1.90. The van der Waals surface area contributed by atoms with Crippen LogP contribution in [0, 0.1) is 5.82 Å². The lowest BCUT2D eigenvalue weighted by molar-refractivity contribution is -0.132. The molecule has 20 heavy (non-hydrogen) atoms. The molecule has 2 aromatic rings. The first-order valence-corrected chi connectivity index (χ1v) is 7.04. The molecule has 1 amide bonds. The first kappa shape index (κ1) is 14.5. The van der Waals surface area contributed by atoms with Gasteiger partial charge in [0.1, 0.15) is 5.82 Å². The third kappa shape index (κ3) is 2.82. The lowest BCUT2D eigenvalue weighted by Gasteiger charge is -2.23. The fourth-order valence-corrected chi connectivity index (χ4v) is 2.46. The van der Waals surface area contributed by atoms with Crippen LogP contribution in [0.25, 0.3) is 10.8 Å². The van der Waals surface area contributed by atoms with Gasteiger partial charge in [0.15, 0.2) is 0 Å². The number of likely N-dealkylation sites (N-methyl/N-ethyl adjacent to an activating group) is 1. The largest absolute Gasteiger partial charge is 0.343 e. The summed E-state index contributed by atoms with van der Waals surface area (Å²) in [5, 5.41) is 1.82. The molecule has 0 saturated heterocycles. The number of benzene rings is 2. The number of nitrogens with zero attached hydrogens (tertiary/aromatic N) is 1. The molecule has 0 aliphatic heterocycles. The number of amides is 1. The highest BCUT2D eigenvalue weighted by Crippen LogP contribution is 2.24. The van der Waals surface area contributed by atoms with E-state index in [-0.39, 0.29) is 17.6 Å². The monoisotopic (exact) mass is 273 g/mol. The van der Waals surface area contributed by atoms with Crippen LogP contribution in [0.5, 0.6) is 0 Å². The van der Waals surface area contributed by atoms with Crippen LogP contribution >= 0.6 is 0 Å². The highest BCUT2D eigenvalue weighted by Gasteiger charge is 2.19. The van der Waals surface area contributed by atoms with Crippen molar-refractivity contribution in [2.45, 2.75) is 26.7 Å². The van der Waals surface area contributed by atoms with E-state index >= 15 is 0 Å². The van der Waals surface area contributed by atoms with Gasteiger partial charge in [-0.3, -0.25) is 4.79 Å². The molecule has 0 bridgehead atoms. The molecule has 0 N–H and O–H groups in total. The molecule has 106 valence electrons. The van der Waals surface area contributed by atoms with Crippen molar-refractivity contribution in [2.75, 3.05) is 13.1 Å². The minimum atomic E-state index is -0.238. The Balaban J connectivity index is 2.33. The van der Waals surface area contributed by atoms with Crippen molar-refractivity contribution in [3.05, 3.63) is 47.8 Å². The van der Waals surface area contributed by atoms with Gasteiger partial charge in [-0.25, -0.2) is 4.39 Å². The second-order valence-corrected chi connectivity index (χ2v) is 4.98. The van der Waals surface area contributed by atoms with Crippen molar-refractivity contribution in [3.8, 4) is 0 Å². The van der Waals surface area contributed by atoms with E-state index in [0.29, 0.717) is 0 Å². The smallest absolute Gasteiger partial charge is 0.229 e. The van der Waals surface area contributed by atoms with Gasteiger partial charge in [0.25, 0.3) is 0 Å². The SMILES string of the molecule is CCN(CC)C(=O)C(C)c1ccc2cc(F)ccc2c1. The Kier molecular flexibility index (Phi) is 4.38. The minimum Gasteiger partial charge on any atom is -0.343 e. The molecule has 0 fully saturated rings. The van der Waals surface area contributed by atoms with E-state index in [0.717, 1.165) is 29.4 Å². The number of carbonyl (C=O) groups is 1. The molecule has 0 radical (unpaired) electrons. The average Bonchev–Trinajstić information content (AvgIpc) is 2.47. The van der Waals surface area contributed by atoms with Gasteiger partial charge in [-0.2, -0.15) is 0 Å². The molecule has 2 nitrogen and oxygen atoms in total. The van der Waals surface area contributed by atoms with Crippen LogP contribution in [-0.2, 0) is 4.79 Å². The molecule has 0 heterocycles. The Morgan fingerprint density at radius 1 is 1.10 bits per heavy atom. The number of hydrogen-bond donors (Lipinski definition) is 0. The van der Waals surface area contributed by atoms with Gasteiger partial charge in [0.05, 0.1) is 5.92 Å². The maximum absolute atomic E-state index is 13.2. The standard InChI is InChI=1S/C17H20FNO/c1-4-19(5-2)17(20)12(3)13-6-7-15-11-16(18)9-8-14(15)10-13/h6-12H,4-5H2,1-3H3. The van der Waals surface area contributed by atoms with E-state index in [9.17, 15) is 9.18 Å². The zero-order valence-corrected chi connectivity index (χ0v) is 12.2. The Bertz CT molecular complexity index is 619. The second-order valence-electron chi connectivity index (χ2n) is 4.98. The molecule has 1 atom stereocenters. The number of halogens is 1. The molecule has 2 aromatic carbocycles. The summed E-state index contributed by atoms with van der Waals surface area (Å²) in [5.41, 5.74) is 0.973. The summed E-state index contributed by atoms with van der Waals surface area (Å²) in [5.74, 6) is -0.279. The minimum absolute atomic E-state index is 0.136. The van der Waals surface area contributed by atoms with Crippen LogP contribution in [0.4, 0.5) is 4.39 Å². The summed E-state index contributed by atoms with van der Waals surface area (Å²) in [7, 11) is 0. The lowest BCUT2D eigenvalue weighted by atomic mass is 9.96. The Labute approximate surface area is 119 Å². The first-order valence-electron chi connectivity index (χ1n) is 7.04. The van der Waals surface area contributed by atoms with Gasteiger partial charge in [-0.1, -0.05) is 24.3 Å². The first-order chi connectivity index (χ1) is 9.56. The molecular formula is C17H20FNO. The molecule has 0 aliphatic carbocycles. The summed E-state index contributed by atoms with van der Waals surface area (Å²) in [6, 6.07) is 10.5. The fourth-order valence-electron chi connectivity index (χ4n) is 2.46. The van der Waals surface area contributed by atoms with E-state index in [1.165, 1.54) is 12.1 Å². The molecule has 0 spiro atoms. The number of fused-ring (bicyclic) bond motifs is 1. The van der Waals surface area contributed by atoms with Gasteiger partial charge in [0, 0.05) is 13.1 Å². The van der Waals surface area contributed by atoms with E-state index in [1.807, 2.05) is 43.9 Å². The summed E-state index contributed by atoms with van der Waals surface area (Å²) in [6.07, 6.45) is 0. The third-order valence-electron chi connectivity index (χ3n) is 3.77. The maximum Gasteiger partial charge on any atom is 0.229 e. The summed E-state index contributed by atoms with van der Waals surface area (Å²) in [6.45, 7) is 7.33. The molecule has 0 aromatic heterocycles. The predicted molar refractivity (Wildman–Crippen MR) is 80.2 cm³/mol. The summed E-state index contributed by atoms with van der Waals surface area (Å²) in [4.78, 5) is 14.2. The van der Waals surface area contributed by atoms with Crippen molar-refractivity contribution >= 4 is 16.7 Å². The van der Waals surface area contributed by atoms with Crippen LogP contribution in [0.2, 0.25) is 0 Å². The molecule has 0 aliphatic rings. The molecular weight excluding hydrogens is 253 g/mol. The summed E-state index contributed by atoms with van der Waals surface area (Å²) >= 11 is 0. The van der Waals surface area contributed by atoms with Crippen molar-refractivity contribution in [2.24, 2.45) is 0 Å². The Morgan fingerprint density at radius 3 is 2.35 bits per heavy atom. The third-order valence-corrected chi connectivity index (χ3v) is 3.77. The van der Waals surface area contributed by atoms with Crippen molar-refractivity contribution < 1.29 is 9.18 Å². The lowest BCUT2D eigenvalue weighted by Crippen LogP contribution is -2.33. The zero-order valence-electron chi connectivity index (χ0n) is 12.2. The van der Waals surface area contributed by atoms with Crippen LogP contribution < -0.4 is 0 Å². The van der Waals surface area contributed by atoms with Crippen molar-refractivity contribution in [3.63, 3.8) is 0 Å². The van der Waals surface area contributed by atoms with E-state index in [1.54, 1.807) is 6.07 Å². The Morgan fingerprint density at radius 2 is 1.70 bits per heavy atom. The normalized spacial score (nSPS) is 12.4. The maximum atomic E-state index is 13.2. The van der Waals surface area contributed by atoms with Crippen molar-refractivity contribution in [1.82, 2.24) is 4.90 Å². The number of rotatable bonds is 4. The quantitative estimate of drug-likeness (QED) is 0.826. The van der Waals surface area contributed by atoms with Gasteiger partial charge >= 0.3 is 0 Å². The highest BCUT2D eigenvalue weighted by atomic mass is 19.1. The topological polar surface area (TPSA) is 20.3 Å². The zero-order chi connectivity index (χ0) is 14.7. The molecule has 3 heteroatoms. The number of hydrogen-bond acceptors (Lipinski definition) is 1. The number of carbonyl (C=O) groups excluding carboxylic acids is 1. The molecule has 0 saturated carbocycles. The van der Waals surface area contributed by atoms with Crippen molar-refractivity contribution in [1.29, 1.82) is 0 Å². The predicted octanol–water partition coefficient (Wildman–Crippen LogP) is 3.95. The molecule has 2 rings (SSSR count). The second kappa shape index (κ2) is 6.04. The van der Waals surface area contributed by atoms with E-state index in [4.69, 9.17) is 0 Å². The van der Waals surface area contributed by atoms with Gasteiger partial charge in [-0.05, 0) is 49.2 Å². The van der Waals surface area contributed by atoms with Gasteiger partial charge in [-0.15, -0.1) is 0 Å². The van der Waals surface area contributed by atoms with Crippen LogP contribution in [0.1, 0.15) is 32.3 Å². The average molecular weight is 273 g/mol. The van der Waals surface area contributed by atoms with Crippen LogP contribution in [0.15, 0.2) is 36.4 Å². The highest BCUT2D eigenvalue weighted by molar-refractivity contribution is 5.87. The fraction of sp³-hybridized carbons (Fsp3) is 0.353. The van der Waals surface area contributed by atoms with E-state index < -0.39 is 0 Å². The van der Waals surface area contributed by atoms with E-state index in [2.05, 4.69) is 0 Å².